The van der Waals surface area contributed by atoms with Gasteiger partial charge < -0.3 is 10.0 Å². The number of likely N-dealkylation sites (tertiary alicyclic amines) is 1. The Hall–Kier alpha value is -1.02. The molecule has 0 aromatic carbocycles. The summed E-state index contributed by atoms with van der Waals surface area (Å²) in [7, 11) is 2.19. The lowest BCUT2D eigenvalue weighted by atomic mass is 9.86. The van der Waals surface area contributed by atoms with Crippen molar-refractivity contribution in [3.8, 4) is 0 Å². The molecule has 1 spiro atoms. The van der Waals surface area contributed by atoms with Crippen LogP contribution in [0.3, 0.4) is 0 Å². The number of likely N-dealkylation sites (N-methyl/N-ethyl adjacent to an activating group) is 1. The van der Waals surface area contributed by atoms with Crippen molar-refractivity contribution in [3.05, 3.63) is 16.1 Å². The Bertz CT molecular complexity index is 579. The monoisotopic (exact) mass is 352 g/mol. The summed E-state index contributed by atoms with van der Waals surface area (Å²) < 4.78 is 0. The smallest absolute Gasteiger partial charge is 0.222 e. The number of aromatic nitrogens is 1. The van der Waals surface area contributed by atoms with Gasteiger partial charge in [0.25, 0.3) is 0 Å². The normalized spacial score (nSPS) is 27.0. The first-order valence-corrected chi connectivity index (χ1v) is 9.64. The Kier molecular flexibility index (Phi) is 5.54. The van der Waals surface area contributed by atoms with Crippen molar-refractivity contribution >= 4 is 17.2 Å². The van der Waals surface area contributed by atoms with Crippen LogP contribution in [0.4, 0.5) is 0 Å². The lowest BCUT2D eigenvalue weighted by Gasteiger charge is -2.49. The highest BCUT2D eigenvalue weighted by molar-refractivity contribution is 7.09. The summed E-state index contributed by atoms with van der Waals surface area (Å²) in [6, 6.07) is 0. The van der Waals surface area contributed by atoms with E-state index in [0.29, 0.717) is 13.0 Å². The first-order valence-electron chi connectivity index (χ1n) is 8.76. The first kappa shape index (κ1) is 17.8. The molecule has 24 heavy (non-hydrogen) atoms. The van der Waals surface area contributed by atoms with Gasteiger partial charge in [-0.2, -0.15) is 0 Å². The van der Waals surface area contributed by atoms with Crippen molar-refractivity contribution in [2.75, 3.05) is 46.4 Å². The molecule has 2 aliphatic heterocycles. The fourth-order valence-corrected chi connectivity index (χ4v) is 4.58. The molecule has 1 atom stereocenters. The van der Waals surface area contributed by atoms with Crippen LogP contribution in [0.5, 0.6) is 0 Å². The number of β-amino-alcohol motifs (C(OH)–C–C–N with tert-alkyl or cyclic N) is 1. The van der Waals surface area contributed by atoms with Crippen molar-refractivity contribution in [3.63, 3.8) is 0 Å². The molecule has 2 fully saturated rings. The van der Waals surface area contributed by atoms with E-state index in [4.69, 9.17) is 0 Å². The zero-order valence-electron chi connectivity index (χ0n) is 14.7. The van der Waals surface area contributed by atoms with Gasteiger partial charge >= 0.3 is 0 Å². The maximum atomic E-state index is 12.3. The Labute approximate surface area is 148 Å². The molecule has 134 valence electrons. The maximum Gasteiger partial charge on any atom is 0.222 e. The first-order chi connectivity index (χ1) is 11.5. The largest absolute Gasteiger partial charge is 0.395 e. The lowest BCUT2D eigenvalue weighted by molar-refractivity contribution is -0.131. The van der Waals surface area contributed by atoms with Gasteiger partial charge in [0.2, 0.25) is 5.91 Å². The third-order valence-corrected chi connectivity index (χ3v) is 6.33. The molecule has 0 radical (unpaired) electrons. The van der Waals surface area contributed by atoms with Gasteiger partial charge in [0.1, 0.15) is 0 Å². The van der Waals surface area contributed by atoms with Crippen LogP contribution in [-0.2, 0) is 11.3 Å². The van der Waals surface area contributed by atoms with E-state index in [1.807, 2.05) is 11.8 Å². The van der Waals surface area contributed by atoms with Gasteiger partial charge in [-0.05, 0) is 26.8 Å². The number of amides is 1. The Morgan fingerprint density at radius 1 is 1.33 bits per heavy atom. The number of rotatable bonds is 4. The number of aliphatic hydroxyl groups is 1. The van der Waals surface area contributed by atoms with Crippen molar-refractivity contribution in [2.45, 2.75) is 38.3 Å². The van der Waals surface area contributed by atoms with E-state index in [1.165, 1.54) is 0 Å². The van der Waals surface area contributed by atoms with E-state index >= 15 is 0 Å². The zero-order valence-corrected chi connectivity index (χ0v) is 15.5. The number of nitrogens with zero attached hydrogens (tertiary/aromatic N) is 4. The summed E-state index contributed by atoms with van der Waals surface area (Å²) in [6.45, 7) is 7.25. The minimum absolute atomic E-state index is 0.0455. The molecule has 1 aromatic heterocycles. The molecule has 1 amide bonds. The van der Waals surface area contributed by atoms with E-state index in [9.17, 15) is 9.90 Å². The SMILES string of the molecule is Cc1nc(CN2CCN(C)C3(CCC(=O)N(CCO)CC3)C2)cs1. The van der Waals surface area contributed by atoms with Crippen LogP contribution < -0.4 is 0 Å². The highest BCUT2D eigenvalue weighted by atomic mass is 32.1. The summed E-state index contributed by atoms with van der Waals surface area (Å²) in [6.07, 6.45) is 2.45. The van der Waals surface area contributed by atoms with Crippen LogP contribution in [0, 0.1) is 6.92 Å². The molecule has 1 aromatic rings. The molecule has 7 heteroatoms. The van der Waals surface area contributed by atoms with E-state index in [1.54, 1.807) is 11.3 Å². The fourth-order valence-electron chi connectivity index (χ4n) is 3.98. The molecule has 1 N–H and O–H groups in total. The second kappa shape index (κ2) is 7.47. The number of aliphatic hydroxyl groups excluding tert-OH is 1. The predicted octanol–water partition coefficient (Wildman–Crippen LogP) is 0.943. The molecule has 0 aliphatic carbocycles. The van der Waals surface area contributed by atoms with E-state index in [-0.39, 0.29) is 18.1 Å². The van der Waals surface area contributed by atoms with Crippen LogP contribution in [0.1, 0.15) is 30.0 Å². The third-order valence-electron chi connectivity index (χ3n) is 5.51. The summed E-state index contributed by atoms with van der Waals surface area (Å²) >= 11 is 1.71. The number of carbonyl (C=O) groups excluding carboxylic acids is 1. The lowest BCUT2D eigenvalue weighted by Crippen LogP contribution is -2.60. The van der Waals surface area contributed by atoms with Crippen LogP contribution in [0.15, 0.2) is 5.38 Å². The molecule has 1 unspecified atom stereocenters. The third kappa shape index (κ3) is 3.79. The number of piperazine rings is 1. The number of carbonyl (C=O) groups is 1. The van der Waals surface area contributed by atoms with Gasteiger partial charge in [-0.3, -0.25) is 14.6 Å². The molecule has 3 heterocycles. The molecule has 0 bridgehead atoms. The summed E-state index contributed by atoms with van der Waals surface area (Å²) in [5.41, 5.74) is 1.22. The average Bonchev–Trinajstić information content (AvgIpc) is 2.90. The highest BCUT2D eigenvalue weighted by Gasteiger charge is 2.42. The van der Waals surface area contributed by atoms with E-state index in [2.05, 4.69) is 27.2 Å². The van der Waals surface area contributed by atoms with Gasteiger partial charge in [0, 0.05) is 56.6 Å². The standard InChI is InChI=1S/C17H28N4O2S/c1-14-18-15(12-24-14)11-20-8-7-19(2)17(13-20)4-3-16(23)21(6-5-17)9-10-22/h12,22H,3-11,13H2,1-2H3. The van der Waals surface area contributed by atoms with Gasteiger partial charge in [-0.15, -0.1) is 11.3 Å². The summed E-state index contributed by atoms with van der Waals surface area (Å²) in [4.78, 5) is 23.6. The van der Waals surface area contributed by atoms with Crippen LogP contribution in [-0.4, -0.2) is 82.6 Å². The van der Waals surface area contributed by atoms with Crippen LogP contribution in [0.2, 0.25) is 0 Å². The second-order valence-electron chi connectivity index (χ2n) is 7.07. The number of hydrogen-bond donors (Lipinski definition) is 1. The molecule has 2 aliphatic rings. The minimum Gasteiger partial charge on any atom is -0.395 e. The molecule has 2 saturated heterocycles. The quantitative estimate of drug-likeness (QED) is 0.874. The van der Waals surface area contributed by atoms with Crippen molar-refractivity contribution in [1.29, 1.82) is 0 Å². The maximum absolute atomic E-state index is 12.3. The van der Waals surface area contributed by atoms with Gasteiger partial charge in [0.05, 0.1) is 17.3 Å². The number of hydrogen-bond acceptors (Lipinski definition) is 6. The Morgan fingerprint density at radius 2 is 2.17 bits per heavy atom. The van der Waals surface area contributed by atoms with Crippen molar-refractivity contribution in [2.24, 2.45) is 0 Å². The van der Waals surface area contributed by atoms with Gasteiger partial charge in [0.15, 0.2) is 0 Å². The topological polar surface area (TPSA) is 59.9 Å². The van der Waals surface area contributed by atoms with Crippen molar-refractivity contribution in [1.82, 2.24) is 19.7 Å². The molecular formula is C17H28N4O2S. The fraction of sp³-hybridized carbons (Fsp3) is 0.765. The van der Waals surface area contributed by atoms with Crippen LogP contribution >= 0.6 is 11.3 Å². The molecule has 3 rings (SSSR count). The predicted molar refractivity (Wildman–Crippen MR) is 95.0 cm³/mol. The molecule has 0 saturated carbocycles. The minimum atomic E-state index is 0.0455. The van der Waals surface area contributed by atoms with E-state index in [0.717, 1.165) is 56.3 Å². The van der Waals surface area contributed by atoms with Crippen LogP contribution in [0.25, 0.3) is 0 Å². The Balaban J connectivity index is 1.69. The zero-order chi connectivity index (χ0) is 17.2. The number of thiazole rings is 1. The molecule has 6 nitrogen and oxygen atoms in total. The van der Waals surface area contributed by atoms with Crippen molar-refractivity contribution < 1.29 is 9.90 Å². The summed E-state index contributed by atoms with van der Waals surface area (Å²) in [5.74, 6) is 0.182. The highest BCUT2D eigenvalue weighted by Crippen LogP contribution is 2.32. The summed E-state index contributed by atoms with van der Waals surface area (Å²) in [5, 5.41) is 12.4. The Morgan fingerprint density at radius 3 is 2.88 bits per heavy atom. The second-order valence-corrected chi connectivity index (χ2v) is 8.13. The number of aryl methyl sites for hydroxylation is 1. The van der Waals surface area contributed by atoms with E-state index < -0.39 is 0 Å². The van der Waals surface area contributed by atoms with Gasteiger partial charge in [-0.25, -0.2) is 4.98 Å². The van der Waals surface area contributed by atoms with Gasteiger partial charge in [-0.1, -0.05) is 0 Å². The average molecular weight is 353 g/mol. The molecular weight excluding hydrogens is 324 g/mol.